The highest BCUT2D eigenvalue weighted by molar-refractivity contribution is 7.89. The Bertz CT molecular complexity index is 1970. The van der Waals surface area contributed by atoms with E-state index in [1.54, 1.807) is 38.3 Å². The topological polar surface area (TPSA) is 120 Å². The highest BCUT2D eigenvalue weighted by atomic mass is 32.2. The van der Waals surface area contributed by atoms with Crippen LogP contribution in [0.15, 0.2) is 94.9 Å². The van der Waals surface area contributed by atoms with E-state index in [1.807, 2.05) is 36.4 Å². The lowest BCUT2D eigenvalue weighted by atomic mass is 10.2. The Morgan fingerprint density at radius 1 is 0.872 bits per heavy atom. The number of benzene rings is 4. The summed E-state index contributed by atoms with van der Waals surface area (Å²) in [4.78, 5) is 18.8. The van der Waals surface area contributed by atoms with Gasteiger partial charge >= 0.3 is 0 Å². The molecule has 0 N–H and O–H groups in total. The van der Waals surface area contributed by atoms with Crippen molar-refractivity contribution < 1.29 is 32.2 Å². The molecular weight excluding hydrogens is 641 g/mol. The summed E-state index contributed by atoms with van der Waals surface area (Å²) in [6, 6.07) is 24.0. The molecule has 0 fully saturated rings. The third-order valence-electron chi connectivity index (χ3n) is 7.26. The first-order chi connectivity index (χ1) is 22.7. The number of rotatable bonds is 13. The second kappa shape index (κ2) is 14.6. The zero-order valence-corrected chi connectivity index (χ0v) is 28.2. The molecule has 13 heteroatoms. The number of methoxy groups -OCH3 is 4. The highest BCUT2D eigenvalue weighted by Crippen LogP contribution is 2.38. The molecule has 0 aliphatic rings. The number of anilines is 1. The number of thiazole rings is 1. The van der Waals surface area contributed by atoms with Crippen LogP contribution in [-0.4, -0.2) is 64.8 Å². The predicted molar refractivity (Wildman–Crippen MR) is 183 cm³/mol. The lowest BCUT2D eigenvalue weighted by molar-refractivity contribution is 0.0987. The van der Waals surface area contributed by atoms with Gasteiger partial charge in [-0.05, 0) is 60.2 Å². The monoisotopic (exact) mass is 674 g/mol. The molecule has 0 aliphatic heterocycles. The second-order valence-corrected chi connectivity index (χ2v) is 13.0. The Balaban J connectivity index is 1.50. The van der Waals surface area contributed by atoms with Crippen LogP contribution < -0.4 is 24.0 Å². The summed E-state index contributed by atoms with van der Waals surface area (Å²) in [5.41, 5.74) is 2.32. The smallest absolute Gasteiger partial charge is 0.280 e. The molecule has 0 aliphatic carbocycles. The Morgan fingerprint density at radius 2 is 1.55 bits per heavy atom. The summed E-state index contributed by atoms with van der Waals surface area (Å²) in [6.07, 6.45) is 1.48. The first-order valence-electron chi connectivity index (χ1n) is 14.5. The fourth-order valence-corrected chi connectivity index (χ4v) is 7.18. The van der Waals surface area contributed by atoms with Crippen molar-refractivity contribution in [3.8, 4) is 23.0 Å². The van der Waals surface area contributed by atoms with Gasteiger partial charge in [0.1, 0.15) is 5.75 Å². The fourth-order valence-electron chi connectivity index (χ4n) is 4.79. The summed E-state index contributed by atoms with van der Waals surface area (Å²) in [5.74, 6) is 1.39. The van der Waals surface area contributed by atoms with E-state index < -0.39 is 15.9 Å². The van der Waals surface area contributed by atoms with E-state index in [0.717, 1.165) is 10.3 Å². The maximum absolute atomic E-state index is 14.0. The minimum absolute atomic E-state index is 0.0754. The SMILES string of the molecule is CCN(Cc1ccccc1)S(=O)(=O)c1ccc(C(=O)N(/N=C/c2cc(OC)c(OC)c(OC)c2)c2nc3ccc(OC)cc3s2)cc1. The van der Waals surface area contributed by atoms with E-state index in [1.165, 1.54) is 72.5 Å². The van der Waals surface area contributed by atoms with Gasteiger partial charge < -0.3 is 18.9 Å². The van der Waals surface area contributed by atoms with Crippen LogP contribution in [0, 0.1) is 0 Å². The Labute approximate surface area is 277 Å². The number of ether oxygens (including phenoxy) is 4. The van der Waals surface area contributed by atoms with Crippen molar-refractivity contribution >= 4 is 48.8 Å². The van der Waals surface area contributed by atoms with Crippen molar-refractivity contribution in [1.29, 1.82) is 0 Å². The molecule has 0 radical (unpaired) electrons. The molecule has 0 unspecified atom stereocenters. The number of fused-ring (bicyclic) bond motifs is 1. The Kier molecular flexibility index (Phi) is 10.4. The van der Waals surface area contributed by atoms with Crippen LogP contribution in [0.1, 0.15) is 28.4 Å². The number of aromatic nitrogens is 1. The maximum atomic E-state index is 14.0. The van der Waals surface area contributed by atoms with E-state index >= 15 is 0 Å². The van der Waals surface area contributed by atoms with Crippen LogP contribution in [0.5, 0.6) is 23.0 Å². The zero-order chi connectivity index (χ0) is 33.6. The summed E-state index contributed by atoms with van der Waals surface area (Å²) in [7, 11) is 2.27. The molecule has 0 saturated carbocycles. The van der Waals surface area contributed by atoms with Crippen molar-refractivity contribution in [2.24, 2.45) is 5.10 Å². The van der Waals surface area contributed by atoms with Crippen LogP contribution in [0.2, 0.25) is 0 Å². The lowest BCUT2D eigenvalue weighted by Gasteiger charge is -2.21. The van der Waals surface area contributed by atoms with Gasteiger partial charge in [-0.25, -0.2) is 13.4 Å². The first-order valence-corrected chi connectivity index (χ1v) is 16.7. The number of sulfonamides is 1. The standard InChI is InChI=1S/C34H34N4O7S2/c1-6-37(22-23-10-8-7-9-11-23)47(40,41)27-15-12-25(13-16-27)33(39)38(34-36-28-17-14-26(42-2)20-31(28)46-34)35-21-24-18-29(43-3)32(45-5)30(19-24)44-4/h7-21H,6,22H2,1-5H3/b35-21+. The number of carbonyl (C=O) groups excluding carboxylic acids is 1. The number of hydrogen-bond donors (Lipinski definition) is 0. The van der Waals surface area contributed by atoms with Crippen molar-refractivity contribution in [3.05, 3.63) is 102 Å². The van der Waals surface area contributed by atoms with Gasteiger partial charge in [-0.2, -0.15) is 14.4 Å². The first kappa shape index (κ1) is 33.4. The number of hydrazone groups is 1. The molecule has 0 atom stereocenters. The van der Waals surface area contributed by atoms with Gasteiger partial charge in [-0.15, -0.1) is 0 Å². The molecule has 1 amide bonds. The molecule has 5 aromatic rings. The molecule has 47 heavy (non-hydrogen) atoms. The summed E-state index contributed by atoms with van der Waals surface area (Å²) >= 11 is 1.26. The van der Waals surface area contributed by atoms with Crippen LogP contribution in [0.4, 0.5) is 5.13 Å². The number of amides is 1. The predicted octanol–water partition coefficient (Wildman–Crippen LogP) is 6.22. The number of nitrogens with zero attached hydrogens (tertiary/aromatic N) is 4. The number of carbonyl (C=O) groups is 1. The van der Waals surface area contributed by atoms with Crippen LogP contribution >= 0.6 is 11.3 Å². The minimum Gasteiger partial charge on any atom is -0.497 e. The van der Waals surface area contributed by atoms with Gasteiger partial charge in [0.15, 0.2) is 11.5 Å². The van der Waals surface area contributed by atoms with Crippen LogP contribution in [0.25, 0.3) is 10.2 Å². The van der Waals surface area contributed by atoms with Gasteiger partial charge in [-0.3, -0.25) is 4.79 Å². The van der Waals surface area contributed by atoms with Crippen molar-refractivity contribution in [2.75, 3.05) is 40.0 Å². The molecule has 244 valence electrons. The molecule has 11 nitrogen and oxygen atoms in total. The van der Waals surface area contributed by atoms with E-state index in [0.29, 0.717) is 39.2 Å². The molecule has 1 aromatic heterocycles. The van der Waals surface area contributed by atoms with Gasteiger partial charge in [0, 0.05) is 24.2 Å². The third-order valence-corrected chi connectivity index (χ3v) is 10.2. The Hall–Kier alpha value is -4.98. The molecule has 0 saturated heterocycles. The van der Waals surface area contributed by atoms with E-state index in [-0.39, 0.29) is 23.5 Å². The summed E-state index contributed by atoms with van der Waals surface area (Å²) < 4.78 is 50.9. The average Bonchev–Trinajstić information content (AvgIpc) is 3.53. The van der Waals surface area contributed by atoms with Gasteiger partial charge in [0.05, 0.1) is 49.8 Å². The third kappa shape index (κ3) is 7.22. The Morgan fingerprint density at radius 3 is 2.15 bits per heavy atom. The zero-order valence-electron chi connectivity index (χ0n) is 26.5. The van der Waals surface area contributed by atoms with Crippen molar-refractivity contribution in [3.63, 3.8) is 0 Å². The molecular formula is C34H34N4O7S2. The van der Waals surface area contributed by atoms with Crippen molar-refractivity contribution in [2.45, 2.75) is 18.4 Å². The largest absolute Gasteiger partial charge is 0.497 e. The number of hydrogen-bond acceptors (Lipinski definition) is 10. The summed E-state index contributed by atoms with van der Waals surface area (Å²) in [5, 5.41) is 6.02. The second-order valence-electron chi connectivity index (χ2n) is 10.1. The van der Waals surface area contributed by atoms with E-state index in [9.17, 15) is 13.2 Å². The molecule has 0 spiro atoms. The van der Waals surface area contributed by atoms with Crippen molar-refractivity contribution in [1.82, 2.24) is 9.29 Å². The summed E-state index contributed by atoms with van der Waals surface area (Å²) in [6.45, 7) is 2.30. The lowest BCUT2D eigenvalue weighted by Crippen LogP contribution is -2.30. The minimum atomic E-state index is -3.83. The molecule has 4 aromatic carbocycles. The van der Waals surface area contributed by atoms with E-state index in [4.69, 9.17) is 18.9 Å². The molecule has 1 heterocycles. The van der Waals surface area contributed by atoms with Gasteiger partial charge in [0.25, 0.3) is 5.91 Å². The normalized spacial score (nSPS) is 11.6. The molecule has 0 bridgehead atoms. The molecule has 5 rings (SSSR count). The quantitative estimate of drug-likeness (QED) is 0.107. The van der Waals surface area contributed by atoms with E-state index in [2.05, 4.69) is 10.1 Å². The van der Waals surface area contributed by atoms with Gasteiger partial charge in [-0.1, -0.05) is 48.6 Å². The van der Waals surface area contributed by atoms with Crippen LogP contribution in [0.3, 0.4) is 0 Å². The van der Waals surface area contributed by atoms with Crippen LogP contribution in [-0.2, 0) is 16.6 Å². The maximum Gasteiger partial charge on any atom is 0.280 e. The average molecular weight is 675 g/mol. The fraction of sp³-hybridized carbons (Fsp3) is 0.206. The van der Waals surface area contributed by atoms with Gasteiger partial charge in [0.2, 0.25) is 20.9 Å². The highest BCUT2D eigenvalue weighted by Gasteiger charge is 2.26.